The number of carbonyl (C=O) groups is 1. The summed E-state index contributed by atoms with van der Waals surface area (Å²) in [6.45, 7) is 1.69. The van der Waals surface area contributed by atoms with Crippen LogP contribution < -0.4 is 4.72 Å². The largest absolute Gasteiger partial charge is 0.478 e. The predicted octanol–water partition coefficient (Wildman–Crippen LogP) is 1.98. The zero-order valence-electron chi connectivity index (χ0n) is 10.2. The molecule has 1 heterocycles. The monoisotopic (exact) mass is 359 g/mol. The van der Waals surface area contributed by atoms with Crippen LogP contribution in [0.4, 0.5) is 5.82 Å². The average molecular weight is 360 g/mol. The van der Waals surface area contributed by atoms with Gasteiger partial charge in [-0.25, -0.2) is 13.2 Å². The minimum Gasteiger partial charge on any atom is -0.478 e. The van der Waals surface area contributed by atoms with Crippen LogP contribution in [0.2, 0.25) is 0 Å². The van der Waals surface area contributed by atoms with Crippen LogP contribution in [0.25, 0.3) is 0 Å². The molecule has 7 nitrogen and oxygen atoms in total. The van der Waals surface area contributed by atoms with Crippen LogP contribution in [0, 0.1) is 6.92 Å². The third kappa shape index (κ3) is 2.83. The fourth-order valence-electron chi connectivity index (χ4n) is 1.48. The Hall–Kier alpha value is -1.87. The number of rotatable bonds is 4. The van der Waals surface area contributed by atoms with Crippen LogP contribution in [0.1, 0.15) is 15.9 Å². The highest BCUT2D eigenvalue weighted by atomic mass is 79.9. The average Bonchev–Trinajstić information content (AvgIpc) is 2.74. The van der Waals surface area contributed by atoms with E-state index in [9.17, 15) is 13.2 Å². The van der Waals surface area contributed by atoms with Crippen molar-refractivity contribution >= 4 is 37.7 Å². The molecule has 0 bridgehead atoms. The van der Waals surface area contributed by atoms with Crippen molar-refractivity contribution in [1.29, 1.82) is 0 Å². The van der Waals surface area contributed by atoms with Gasteiger partial charge in [-0.1, -0.05) is 0 Å². The molecule has 0 saturated carbocycles. The Morgan fingerprint density at radius 3 is 2.70 bits per heavy atom. The van der Waals surface area contributed by atoms with E-state index < -0.39 is 16.0 Å². The molecule has 0 spiro atoms. The van der Waals surface area contributed by atoms with Crippen molar-refractivity contribution in [1.82, 2.24) is 10.2 Å². The number of sulfonamides is 1. The normalized spacial score (nSPS) is 11.3. The highest BCUT2D eigenvalue weighted by Gasteiger charge is 2.19. The molecule has 9 heteroatoms. The molecule has 1 aromatic heterocycles. The first-order valence-electron chi connectivity index (χ1n) is 5.37. The van der Waals surface area contributed by atoms with E-state index in [4.69, 9.17) is 5.11 Å². The maximum absolute atomic E-state index is 12.2. The van der Waals surface area contributed by atoms with Crippen LogP contribution in [0.5, 0.6) is 0 Å². The summed E-state index contributed by atoms with van der Waals surface area (Å²) in [4.78, 5) is 10.9. The Morgan fingerprint density at radius 2 is 2.15 bits per heavy atom. The summed E-state index contributed by atoms with van der Waals surface area (Å²) in [5.41, 5.74) is 0.498. The first-order chi connectivity index (χ1) is 9.31. The first kappa shape index (κ1) is 14.5. The van der Waals surface area contributed by atoms with E-state index in [2.05, 4.69) is 30.8 Å². The number of carboxylic acid groups (broad SMARTS) is 1. The number of hydrogen-bond acceptors (Lipinski definition) is 4. The van der Waals surface area contributed by atoms with Gasteiger partial charge in [-0.05, 0) is 41.1 Å². The zero-order chi connectivity index (χ0) is 14.9. The molecule has 0 atom stereocenters. The van der Waals surface area contributed by atoms with Crippen LogP contribution in [0.3, 0.4) is 0 Å². The topological polar surface area (TPSA) is 112 Å². The number of H-pyrrole nitrogens is 1. The lowest BCUT2D eigenvalue weighted by molar-refractivity contribution is 0.0695. The molecular weight excluding hydrogens is 350 g/mol. The summed E-state index contributed by atoms with van der Waals surface area (Å²) < 4.78 is 27.0. The molecule has 106 valence electrons. The third-order valence-electron chi connectivity index (χ3n) is 2.54. The van der Waals surface area contributed by atoms with Gasteiger partial charge in [0.2, 0.25) is 0 Å². The number of nitrogens with one attached hydrogen (secondary N) is 2. The predicted molar refractivity (Wildman–Crippen MR) is 75.2 cm³/mol. The lowest BCUT2D eigenvalue weighted by Crippen LogP contribution is -2.15. The van der Waals surface area contributed by atoms with Gasteiger partial charge in [-0.2, -0.15) is 5.10 Å². The smallest absolute Gasteiger partial charge is 0.336 e. The van der Waals surface area contributed by atoms with Gasteiger partial charge in [0, 0.05) is 10.0 Å². The zero-order valence-corrected chi connectivity index (χ0v) is 12.6. The summed E-state index contributed by atoms with van der Waals surface area (Å²) in [6, 6.07) is 3.77. The molecule has 2 rings (SSSR count). The Bertz CT molecular complexity index is 770. The van der Waals surface area contributed by atoms with Gasteiger partial charge < -0.3 is 5.11 Å². The molecule has 3 N–H and O–H groups in total. The van der Waals surface area contributed by atoms with Crippen LogP contribution in [0.15, 0.2) is 33.8 Å². The van der Waals surface area contributed by atoms with Crippen molar-refractivity contribution < 1.29 is 18.3 Å². The van der Waals surface area contributed by atoms with Gasteiger partial charge in [-0.3, -0.25) is 9.82 Å². The number of nitrogens with zero attached hydrogens (tertiary/aromatic N) is 1. The number of hydrogen-bond donors (Lipinski definition) is 3. The summed E-state index contributed by atoms with van der Waals surface area (Å²) >= 11 is 3.06. The molecule has 0 aliphatic carbocycles. The molecule has 0 aliphatic rings. The second kappa shape index (κ2) is 5.25. The number of aromatic carboxylic acids is 1. The van der Waals surface area contributed by atoms with Gasteiger partial charge in [0.1, 0.15) is 5.82 Å². The minimum atomic E-state index is -3.88. The molecular formula is C11H10BrN3O4S. The quantitative estimate of drug-likeness (QED) is 0.772. The Labute approximate surface area is 123 Å². The van der Waals surface area contributed by atoms with Crippen LogP contribution in [-0.2, 0) is 10.0 Å². The maximum Gasteiger partial charge on any atom is 0.336 e. The molecule has 0 saturated heterocycles. The number of benzene rings is 1. The maximum atomic E-state index is 12.2. The van der Waals surface area contributed by atoms with E-state index in [1.54, 1.807) is 6.92 Å². The fraction of sp³-hybridized carbons (Fsp3) is 0.0909. The van der Waals surface area contributed by atoms with Gasteiger partial charge in [0.05, 0.1) is 16.7 Å². The lowest BCUT2D eigenvalue weighted by atomic mass is 10.2. The van der Waals surface area contributed by atoms with Crippen molar-refractivity contribution in [2.24, 2.45) is 0 Å². The number of carboxylic acids is 1. The van der Waals surface area contributed by atoms with E-state index in [1.165, 1.54) is 18.3 Å². The van der Waals surface area contributed by atoms with E-state index in [0.29, 0.717) is 10.0 Å². The van der Waals surface area contributed by atoms with Gasteiger partial charge in [0.25, 0.3) is 10.0 Å². The number of aromatic nitrogens is 2. The molecule has 1 aromatic carbocycles. The molecule has 2 aromatic rings. The highest BCUT2D eigenvalue weighted by molar-refractivity contribution is 9.10. The highest BCUT2D eigenvalue weighted by Crippen LogP contribution is 2.23. The van der Waals surface area contributed by atoms with Crippen LogP contribution >= 0.6 is 15.9 Å². The minimum absolute atomic E-state index is 0.130. The van der Waals surface area contributed by atoms with Crippen molar-refractivity contribution in [3.05, 3.63) is 40.0 Å². The number of aryl methyl sites for hydroxylation is 1. The van der Waals surface area contributed by atoms with E-state index in [1.807, 2.05) is 0 Å². The molecule has 0 amide bonds. The van der Waals surface area contributed by atoms with Gasteiger partial charge in [0.15, 0.2) is 0 Å². The third-order valence-corrected chi connectivity index (χ3v) is 4.58. The van der Waals surface area contributed by atoms with E-state index >= 15 is 0 Å². The summed E-state index contributed by atoms with van der Waals surface area (Å²) in [7, 11) is -3.88. The standard InChI is InChI=1S/C11H10BrN3O4S/c1-6-5-13-14-10(6)15-20(18,19)7-2-3-9(12)8(4-7)11(16)17/h2-5H,1H3,(H,16,17)(H2,13,14,15). The molecule has 0 fully saturated rings. The molecule has 0 unspecified atom stereocenters. The van der Waals surface area contributed by atoms with Crippen molar-refractivity contribution in [3.8, 4) is 0 Å². The number of halogens is 1. The Balaban J connectivity index is 2.42. The van der Waals surface area contributed by atoms with E-state index in [-0.39, 0.29) is 16.3 Å². The Kier molecular flexibility index (Phi) is 3.82. The fourth-order valence-corrected chi connectivity index (χ4v) is 3.01. The van der Waals surface area contributed by atoms with Crippen LogP contribution in [-0.4, -0.2) is 29.7 Å². The summed E-state index contributed by atoms with van der Waals surface area (Å²) in [5.74, 6) is -0.976. The molecule has 0 aliphatic heterocycles. The van der Waals surface area contributed by atoms with Crippen molar-refractivity contribution in [2.75, 3.05) is 4.72 Å². The molecule has 20 heavy (non-hydrogen) atoms. The molecule has 0 radical (unpaired) electrons. The van der Waals surface area contributed by atoms with E-state index in [0.717, 1.165) is 6.07 Å². The van der Waals surface area contributed by atoms with Gasteiger partial charge in [-0.15, -0.1) is 0 Å². The second-order valence-electron chi connectivity index (χ2n) is 3.98. The number of aromatic amines is 1. The second-order valence-corrected chi connectivity index (χ2v) is 6.52. The van der Waals surface area contributed by atoms with Crippen molar-refractivity contribution in [2.45, 2.75) is 11.8 Å². The number of anilines is 1. The SMILES string of the molecule is Cc1cn[nH]c1NS(=O)(=O)c1ccc(Br)c(C(=O)O)c1. The van der Waals surface area contributed by atoms with Crippen molar-refractivity contribution in [3.63, 3.8) is 0 Å². The Morgan fingerprint density at radius 1 is 1.45 bits per heavy atom. The van der Waals surface area contributed by atoms with Gasteiger partial charge >= 0.3 is 5.97 Å². The lowest BCUT2D eigenvalue weighted by Gasteiger charge is -2.08. The summed E-state index contributed by atoms with van der Waals surface area (Å²) in [5, 5.41) is 15.2. The first-order valence-corrected chi connectivity index (χ1v) is 7.64. The summed E-state index contributed by atoms with van der Waals surface area (Å²) in [6.07, 6.45) is 1.47.